The van der Waals surface area contributed by atoms with Crippen LogP contribution in [0.1, 0.15) is 30.3 Å². The molecule has 1 fully saturated rings. The van der Waals surface area contributed by atoms with E-state index in [4.69, 9.17) is 13.9 Å². The van der Waals surface area contributed by atoms with Gasteiger partial charge >= 0.3 is 0 Å². The van der Waals surface area contributed by atoms with Crippen molar-refractivity contribution in [3.05, 3.63) is 54.2 Å². The Labute approximate surface area is 178 Å². The Balaban J connectivity index is 1.15. The first-order valence-electron chi connectivity index (χ1n) is 10.00. The van der Waals surface area contributed by atoms with Gasteiger partial charge in [-0.1, -0.05) is 23.9 Å². The molecule has 9 heteroatoms. The summed E-state index contributed by atoms with van der Waals surface area (Å²) in [7, 11) is 0. The van der Waals surface area contributed by atoms with Crippen molar-refractivity contribution in [1.82, 2.24) is 20.1 Å². The molecule has 1 aliphatic carbocycles. The van der Waals surface area contributed by atoms with Crippen LogP contribution in [0.25, 0.3) is 0 Å². The number of hydrogen-bond donors (Lipinski definition) is 1. The highest BCUT2D eigenvalue weighted by atomic mass is 32.2. The molecule has 30 heavy (non-hydrogen) atoms. The molecule has 0 radical (unpaired) electrons. The van der Waals surface area contributed by atoms with Crippen molar-refractivity contribution in [2.45, 2.75) is 36.6 Å². The maximum Gasteiger partial charge on any atom is 0.230 e. The lowest BCUT2D eigenvalue weighted by atomic mass is 10.2. The van der Waals surface area contributed by atoms with E-state index < -0.39 is 0 Å². The lowest BCUT2D eigenvalue weighted by molar-refractivity contribution is -0.119. The van der Waals surface area contributed by atoms with Gasteiger partial charge in [0.2, 0.25) is 5.91 Å². The fraction of sp³-hybridized carbons (Fsp3) is 0.381. The highest BCUT2D eigenvalue weighted by Gasteiger charge is 2.31. The molecule has 8 nitrogen and oxygen atoms in total. The average Bonchev–Trinajstić information content (AvgIpc) is 3.34. The molecule has 1 aliphatic heterocycles. The fourth-order valence-electron chi connectivity index (χ4n) is 3.33. The van der Waals surface area contributed by atoms with E-state index in [0.717, 1.165) is 35.3 Å². The molecule has 2 aromatic heterocycles. The van der Waals surface area contributed by atoms with Gasteiger partial charge in [-0.15, -0.1) is 10.2 Å². The Kier molecular flexibility index (Phi) is 5.35. The van der Waals surface area contributed by atoms with Gasteiger partial charge in [0.1, 0.15) is 24.3 Å². The third-order valence-electron chi connectivity index (χ3n) is 5.01. The van der Waals surface area contributed by atoms with E-state index in [9.17, 15) is 4.79 Å². The van der Waals surface area contributed by atoms with Crippen LogP contribution in [-0.4, -0.2) is 45.7 Å². The number of fused-ring (bicyclic) bond motifs is 1. The summed E-state index contributed by atoms with van der Waals surface area (Å²) in [5.41, 5.74) is 0. The number of nitrogens with zero attached hydrogens (tertiary/aromatic N) is 3. The molecule has 0 bridgehead atoms. The lowest BCUT2D eigenvalue weighted by Crippen LogP contribution is -2.41. The van der Waals surface area contributed by atoms with Gasteiger partial charge in [0.05, 0.1) is 25.1 Å². The number of rotatable bonds is 8. The zero-order chi connectivity index (χ0) is 20.3. The summed E-state index contributed by atoms with van der Waals surface area (Å²) >= 11 is 1.38. The average molecular weight is 426 g/mol. The zero-order valence-electron chi connectivity index (χ0n) is 16.3. The quantitative estimate of drug-likeness (QED) is 0.554. The van der Waals surface area contributed by atoms with Crippen LogP contribution in [-0.2, 0) is 11.3 Å². The number of aromatic nitrogens is 3. The van der Waals surface area contributed by atoms with Crippen LogP contribution >= 0.6 is 11.8 Å². The van der Waals surface area contributed by atoms with Crippen LogP contribution in [0.4, 0.5) is 0 Å². The maximum atomic E-state index is 12.4. The number of furan rings is 1. The number of hydrogen-bond acceptors (Lipinski definition) is 7. The highest BCUT2D eigenvalue weighted by molar-refractivity contribution is 7.99. The Hall–Kier alpha value is -2.94. The van der Waals surface area contributed by atoms with Crippen LogP contribution < -0.4 is 14.8 Å². The molecule has 1 saturated carbocycles. The van der Waals surface area contributed by atoms with E-state index in [1.165, 1.54) is 11.8 Å². The van der Waals surface area contributed by atoms with Gasteiger partial charge in [-0.2, -0.15) is 0 Å². The minimum absolute atomic E-state index is 0.0806. The van der Waals surface area contributed by atoms with Gasteiger partial charge in [0.25, 0.3) is 0 Å². The van der Waals surface area contributed by atoms with E-state index in [0.29, 0.717) is 31.4 Å². The third-order valence-corrected chi connectivity index (χ3v) is 5.98. The largest absolute Gasteiger partial charge is 0.486 e. The molecule has 3 aromatic rings. The molecule has 2 aliphatic rings. The van der Waals surface area contributed by atoms with Crippen molar-refractivity contribution < 1.29 is 18.7 Å². The van der Waals surface area contributed by atoms with Gasteiger partial charge in [0.15, 0.2) is 16.7 Å². The smallest absolute Gasteiger partial charge is 0.230 e. The minimum Gasteiger partial charge on any atom is -0.486 e. The molecule has 5 rings (SSSR count). The number of benzene rings is 1. The van der Waals surface area contributed by atoms with Crippen molar-refractivity contribution >= 4 is 17.7 Å². The van der Waals surface area contributed by atoms with Gasteiger partial charge < -0.3 is 19.2 Å². The summed E-state index contributed by atoms with van der Waals surface area (Å²) in [5, 5.41) is 12.3. The number of nitrogens with one attached hydrogen (secondary N) is 1. The maximum absolute atomic E-state index is 12.4. The number of amides is 1. The number of carbonyl (C=O) groups excluding carboxylic acids is 1. The number of ether oxygens (including phenoxy) is 2. The van der Waals surface area contributed by atoms with Crippen LogP contribution in [0, 0.1) is 0 Å². The van der Waals surface area contributed by atoms with E-state index in [2.05, 4.69) is 20.1 Å². The van der Waals surface area contributed by atoms with Crippen LogP contribution in [0.3, 0.4) is 0 Å². The molecular formula is C21H22N4O4S. The normalized spacial score (nSPS) is 17.7. The van der Waals surface area contributed by atoms with E-state index in [1.54, 1.807) is 6.26 Å². The van der Waals surface area contributed by atoms with E-state index >= 15 is 0 Å². The Morgan fingerprint density at radius 3 is 2.83 bits per heavy atom. The zero-order valence-corrected chi connectivity index (χ0v) is 17.1. The van der Waals surface area contributed by atoms with Crippen molar-refractivity contribution in [2.75, 3.05) is 18.9 Å². The number of thioether (sulfide) groups is 1. The van der Waals surface area contributed by atoms with Crippen LogP contribution in [0.2, 0.25) is 0 Å². The summed E-state index contributed by atoms with van der Waals surface area (Å²) < 4.78 is 19.1. The Morgan fingerprint density at radius 2 is 2.03 bits per heavy atom. The number of carbonyl (C=O) groups is 1. The van der Waals surface area contributed by atoms with Crippen molar-refractivity contribution in [1.29, 1.82) is 0 Å². The predicted octanol–water partition coefficient (Wildman–Crippen LogP) is 2.85. The molecular weight excluding hydrogens is 404 g/mol. The van der Waals surface area contributed by atoms with Gasteiger partial charge in [-0.05, 0) is 37.1 Å². The molecule has 1 N–H and O–H groups in total. The summed E-state index contributed by atoms with van der Waals surface area (Å²) in [6.07, 6.45) is 3.71. The van der Waals surface area contributed by atoms with Crippen LogP contribution in [0.5, 0.6) is 11.5 Å². The number of para-hydroxylation sites is 2. The molecule has 0 saturated heterocycles. The van der Waals surface area contributed by atoms with Crippen LogP contribution in [0.15, 0.2) is 52.2 Å². The molecule has 156 valence electrons. The molecule has 1 aromatic carbocycles. The molecule has 1 atom stereocenters. The third kappa shape index (κ3) is 4.30. The first kappa shape index (κ1) is 19.0. The monoisotopic (exact) mass is 426 g/mol. The summed E-state index contributed by atoms with van der Waals surface area (Å²) in [5.74, 6) is 3.89. The first-order chi connectivity index (χ1) is 14.8. The molecule has 0 unspecified atom stereocenters. The van der Waals surface area contributed by atoms with Crippen molar-refractivity contribution in [3.8, 4) is 11.5 Å². The van der Waals surface area contributed by atoms with Gasteiger partial charge in [-0.25, -0.2) is 0 Å². The topological polar surface area (TPSA) is 91.4 Å². The van der Waals surface area contributed by atoms with Gasteiger partial charge in [0, 0.05) is 5.92 Å². The first-order valence-corrected chi connectivity index (χ1v) is 11.0. The fourth-order valence-corrected chi connectivity index (χ4v) is 4.10. The molecule has 3 heterocycles. The predicted molar refractivity (Wildman–Crippen MR) is 110 cm³/mol. The summed E-state index contributed by atoms with van der Waals surface area (Å²) in [4.78, 5) is 12.4. The summed E-state index contributed by atoms with van der Waals surface area (Å²) in [6.45, 7) is 1.37. The molecule has 1 amide bonds. The van der Waals surface area contributed by atoms with E-state index in [1.807, 2.05) is 36.4 Å². The van der Waals surface area contributed by atoms with Gasteiger partial charge in [-0.3, -0.25) is 9.36 Å². The Morgan fingerprint density at radius 1 is 1.17 bits per heavy atom. The van der Waals surface area contributed by atoms with Crippen molar-refractivity contribution in [2.24, 2.45) is 0 Å². The van der Waals surface area contributed by atoms with E-state index in [-0.39, 0.29) is 17.8 Å². The second kappa shape index (κ2) is 8.43. The summed E-state index contributed by atoms with van der Waals surface area (Å²) in [6, 6.07) is 11.3. The second-order valence-corrected chi connectivity index (χ2v) is 8.31. The SMILES string of the molecule is O=C(CSc1nnc(C2CC2)n1Cc1ccco1)NC[C@@H]1COc2ccccc2O1. The van der Waals surface area contributed by atoms with Crippen molar-refractivity contribution in [3.63, 3.8) is 0 Å². The minimum atomic E-state index is -0.210. The Bertz CT molecular complexity index is 1020. The lowest BCUT2D eigenvalue weighted by Gasteiger charge is -2.26. The second-order valence-electron chi connectivity index (χ2n) is 7.37. The highest BCUT2D eigenvalue weighted by Crippen LogP contribution is 2.40. The standard InChI is InChI=1S/C21H22N4O4S/c26-19(22-10-16-12-28-17-5-1-2-6-18(17)29-16)13-30-21-24-23-20(14-7-8-14)25(21)11-15-4-3-9-27-15/h1-6,9,14,16H,7-8,10-13H2,(H,22,26)/t16-/m1/s1. The molecule has 0 spiro atoms.